The molecule has 2 aliphatic rings. The number of carbonyl (C=O) groups excluding carboxylic acids is 2. The van der Waals surface area contributed by atoms with Crippen LogP contribution in [0.1, 0.15) is 35.5 Å². The summed E-state index contributed by atoms with van der Waals surface area (Å²) in [5.41, 5.74) is 12.0. The molecule has 0 atom stereocenters. The highest BCUT2D eigenvalue weighted by atomic mass is 19.3. The summed E-state index contributed by atoms with van der Waals surface area (Å²) in [6, 6.07) is 4.29. The van der Waals surface area contributed by atoms with Gasteiger partial charge in [-0.1, -0.05) is 0 Å². The molecule has 4 N–H and O–H groups in total. The van der Waals surface area contributed by atoms with E-state index in [-0.39, 0.29) is 53.8 Å². The monoisotopic (exact) mass is 566 g/mol. The van der Waals surface area contributed by atoms with Crippen LogP contribution in [0.4, 0.5) is 8.78 Å². The van der Waals surface area contributed by atoms with E-state index >= 15 is 0 Å². The van der Waals surface area contributed by atoms with Crippen molar-refractivity contribution in [3.05, 3.63) is 29.7 Å². The van der Waals surface area contributed by atoms with Crippen molar-refractivity contribution in [1.29, 1.82) is 0 Å². The Morgan fingerprint density at radius 1 is 1.00 bits per heavy atom. The van der Waals surface area contributed by atoms with Gasteiger partial charge in [0.05, 0.1) is 26.4 Å². The number of benzene rings is 1. The first-order chi connectivity index (χ1) is 19.4. The van der Waals surface area contributed by atoms with Gasteiger partial charge in [-0.15, -0.1) is 0 Å². The summed E-state index contributed by atoms with van der Waals surface area (Å²) in [7, 11) is 0. The third kappa shape index (κ3) is 7.65. The Labute approximate surface area is 231 Å². The van der Waals surface area contributed by atoms with Crippen LogP contribution in [-0.4, -0.2) is 104 Å². The standard InChI is InChI=1S/C26H36F2N6O6/c27-26(28)40-19-5-4-18(15-20(19)38-12-2-1-3-22(35)33-10-13-37-14-11-33)24-31-23(21(16-29)39-24)25(36)34-8-6-32(17-30)7-9-34/h4-5,15,26H,1-3,6-14,16-17,29-30H2. The van der Waals surface area contributed by atoms with E-state index in [0.717, 1.165) is 0 Å². The fraction of sp³-hybridized carbons (Fsp3) is 0.577. The predicted molar refractivity (Wildman–Crippen MR) is 140 cm³/mol. The van der Waals surface area contributed by atoms with Crippen molar-refractivity contribution >= 4 is 11.8 Å². The minimum atomic E-state index is -3.05. The molecule has 0 saturated carbocycles. The number of nitrogens with zero attached hydrogens (tertiary/aromatic N) is 4. The quantitative estimate of drug-likeness (QED) is 0.362. The lowest BCUT2D eigenvalue weighted by Crippen LogP contribution is -2.50. The van der Waals surface area contributed by atoms with Crippen molar-refractivity contribution in [1.82, 2.24) is 19.7 Å². The van der Waals surface area contributed by atoms with Crippen LogP contribution < -0.4 is 20.9 Å². The number of hydrogen-bond acceptors (Lipinski definition) is 10. The second kappa shape index (κ2) is 14.3. The van der Waals surface area contributed by atoms with Crippen molar-refractivity contribution in [2.75, 3.05) is 65.8 Å². The Morgan fingerprint density at radius 3 is 2.42 bits per heavy atom. The maximum Gasteiger partial charge on any atom is 0.387 e. The predicted octanol–water partition coefficient (Wildman–Crippen LogP) is 1.48. The van der Waals surface area contributed by atoms with E-state index in [9.17, 15) is 18.4 Å². The molecule has 0 unspecified atom stereocenters. The Hall–Kier alpha value is -3.33. The van der Waals surface area contributed by atoms with Crippen LogP contribution in [0.25, 0.3) is 11.5 Å². The largest absolute Gasteiger partial charge is 0.490 e. The molecule has 4 rings (SSSR count). The van der Waals surface area contributed by atoms with E-state index in [1.807, 2.05) is 4.90 Å². The van der Waals surface area contributed by atoms with E-state index in [1.165, 1.54) is 18.2 Å². The maximum atomic E-state index is 13.2. The number of alkyl halides is 2. The zero-order chi connectivity index (χ0) is 28.5. The zero-order valence-electron chi connectivity index (χ0n) is 22.4. The smallest absolute Gasteiger partial charge is 0.387 e. The summed E-state index contributed by atoms with van der Waals surface area (Å²) >= 11 is 0. The molecule has 2 saturated heterocycles. The average molecular weight is 567 g/mol. The van der Waals surface area contributed by atoms with E-state index in [4.69, 9.17) is 25.4 Å². The third-order valence-corrected chi connectivity index (χ3v) is 6.82. The molecule has 2 fully saturated rings. The number of piperazine rings is 1. The molecule has 1 aromatic carbocycles. The van der Waals surface area contributed by atoms with Gasteiger partial charge in [-0.3, -0.25) is 14.5 Å². The van der Waals surface area contributed by atoms with Gasteiger partial charge in [0.15, 0.2) is 23.0 Å². The van der Waals surface area contributed by atoms with Crippen molar-refractivity contribution in [3.8, 4) is 23.0 Å². The van der Waals surface area contributed by atoms with E-state index in [2.05, 4.69) is 9.72 Å². The Morgan fingerprint density at radius 2 is 1.75 bits per heavy atom. The number of amides is 2. The molecule has 2 aliphatic heterocycles. The molecule has 0 spiro atoms. The highest BCUT2D eigenvalue weighted by Crippen LogP contribution is 2.34. The molecule has 0 radical (unpaired) electrons. The molecular weight excluding hydrogens is 530 g/mol. The second-order valence-corrected chi connectivity index (χ2v) is 9.43. The van der Waals surface area contributed by atoms with Crippen LogP contribution in [0.3, 0.4) is 0 Å². The number of morpholine rings is 1. The zero-order valence-corrected chi connectivity index (χ0v) is 22.4. The Balaban J connectivity index is 1.42. The van der Waals surface area contributed by atoms with Crippen molar-refractivity contribution in [2.45, 2.75) is 32.4 Å². The topological polar surface area (TPSA) is 150 Å². The first kappa shape index (κ1) is 29.6. The number of oxazole rings is 1. The molecule has 0 bridgehead atoms. The van der Waals surface area contributed by atoms with E-state index in [1.54, 1.807) is 9.80 Å². The van der Waals surface area contributed by atoms with Gasteiger partial charge in [0.1, 0.15) is 0 Å². The lowest BCUT2D eigenvalue weighted by atomic mass is 10.2. The van der Waals surface area contributed by atoms with Crippen molar-refractivity contribution in [2.24, 2.45) is 11.5 Å². The molecular formula is C26H36F2N6O6. The van der Waals surface area contributed by atoms with Gasteiger partial charge in [0.2, 0.25) is 11.8 Å². The van der Waals surface area contributed by atoms with Gasteiger partial charge < -0.3 is 39.9 Å². The molecule has 14 heteroatoms. The van der Waals surface area contributed by atoms with Gasteiger partial charge >= 0.3 is 6.61 Å². The summed E-state index contributed by atoms with van der Waals surface area (Å²) in [6.07, 6.45) is 1.46. The highest BCUT2D eigenvalue weighted by Gasteiger charge is 2.28. The summed E-state index contributed by atoms with van der Waals surface area (Å²) in [4.78, 5) is 35.3. The minimum absolute atomic E-state index is 0.0457. The normalized spacial score (nSPS) is 16.4. The van der Waals surface area contributed by atoms with Crippen molar-refractivity contribution in [3.63, 3.8) is 0 Å². The number of halogens is 2. The number of aromatic nitrogens is 1. The van der Waals surface area contributed by atoms with E-state index in [0.29, 0.717) is 84.0 Å². The van der Waals surface area contributed by atoms with Crippen LogP contribution in [-0.2, 0) is 16.1 Å². The van der Waals surface area contributed by atoms with Crippen molar-refractivity contribution < 1.29 is 37.0 Å². The minimum Gasteiger partial charge on any atom is -0.490 e. The highest BCUT2D eigenvalue weighted by molar-refractivity contribution is 5.94. The average Bonchev–Trinajstić information content (AvgIpc) is 3.42. The molecule has 1 aromatic heterocycles. The number of hydrogen-bond donors (Lipinski definition) is 2. The van der Waals surface area contributed by atoms with Crippen LogP contribution in [0, 0.1) is 0 Å². The lowest BCUT2D eigenvalue weighted by molar-refractivity contribution is -0.135. The van der Waals surface area contributed by atoms with Crippen LogP contribution >= 0.6 is 0 Å². The summed E-state index contributed by atoms with van der Waals surface area (Å²) < 4.78 is 47.5. The molecule has 2 aromatic rings. The Kier molecular flexibility index (Phi) is 10.6. The van der Waals surface area contributed by atoms with Gasteiger partial charge in [-0.05, 0) is 31.0 Å². The number of unbranched alkanes of at least 4 members (excludes halogenated alkanes) is 1. The van der Waals surface area contributed by atoms with Gasteiger partial charge in [-0.2, -0.15) is 8.78 Å². The number of ether oxygens (including phenoxy) is 3. The third-order valence-electron chi connectivity index (χ3n) is 6.82. The first-order valence-electron chi connectivity index (χ1n) is 13.4. The van der Waals surface area contributed by atoms with E-state index < -0.39 is 6.61 Å². The van der Waals surface area contributed by atoms with Crippen LogP contribution in [0.15, 0.2) is 22.6 Å². The van der Waals surface area contributed by atoms with Gasteiger partial charge in [-0.25, -0.2) is 4.98 Å². The number of rotatable bonds is 12. The maximum absolute atomic E-state index is 13.2. The summed E-state index contributed by atoms with van der Waals surface area (Å²) in [5, 5.41) is 0. The molecule has 40 heavy (non-hydrogen) atoms. The molecule has 12 nitrogen and oxygen atoms in total. The molecule has 2 amide bonds. The SMILES string of the molecule is NCc1oc(-c2ccc(OC(F)F)c(OCCCCC(=O)N3CCOCC3)c2)nc1C(=O)N1CCN(CN)CC1. The van der Waals surface area contributed by atoms with Gasteiger partial charge in [0, 0.05) is 57.9 Å². The second-order valence-electron chi connectivity index (χ2n) is 9.43. The fourth-order valence-corrected chi connectivity index (χ4v) is 4.54. The molecule has 0 aliphatic carbocycles. The summed E-state index contributed by atoms with van der Waals surface area (Å²) in [6.45, 7) is 2.05. The lowest BCUT2D eigenvalue weighted by Gasteiger charge is -2.33. The molecule has 3 heterocycles. The van der Waals surface area contributed by atoms with Crippen LogP contribution in [0.5, 0.6) is 11.5 Å². The molecule has 220 valence electrons. The first-order valence-corrected chi connectivity index (χ1v) is 13.4. The number of nitrogens with two attached hydrogens (primary N) is 2. The van der Waals surface area contributed by atoms with Gasteiger partial charge in [0.25, 0.3) is 5.91 Å². The Bertz CT molecular complexity index is 1130. The van der Waals surface area contributed by atoms with Crippen LogP contribution in [0.2, 0.25) is 0 Å². The fourth-order valence-electron chi connectivity index (χ4n) is 4.54. The number of carbonyl (C=O) groups is 2. The summed E-state index contributed by atoms with van der Waals surface area (Å²) in [5.74, 6) is 0.0000287.